The number of carbonyl (C=O) groups excluding carboxylic acids is 1. The van der Waals surface area contributed by atoms with Crippen LogP contribution in [-0.4, -0.2) is 28.3 Å². The van der Waals surface area contributed by atoms with Gasteiger partial charge in [-0.25, -0.2) is 4.79 Å². The fraction of sp³-hybridized carbons (Fsp3) is 0.222. The fourth-order valence-corrected chi connectivity index (χ4v) is 3.05. The van der Waals surface area contributed by atoms with Crippen molar-refractivity contribution in [1.82, 2.24) is 4.57 Å². The highest BCUT2D eigenvalue weighted by Gasteiger charge is 2.19. The van der Waals surface area contributed by atoms with Crippen molar-refractivity contribution >= 4 is 39.2 Å². The lowest BCUT2D eigenvalue weighted by Gasteiger charge is -2.10. The van der Waals surface area contributed by atoms with Gasteiger partial charge in [-0.15, -0.1) is 0 Å². The van der Waals surface area contributed by atoms with Crippen molar-refractivity contribution < 1.29 is 19.3 Å². The number of aromatic nitrogens is 1. The number of hydrogen-bond acceptors (Lipinski definition) is 6. The molecule has 3 aromatic rings. The van der Waals surface area contributed by atoms with E-state index < -0.39 is 10.9 Å². The Labute approximate surface area is 148 Å². The third-order valence-corrected chi connectivity index (χ3v) is 4.22. The van der Waals surface area contributed by atoms with Crippen LogP contribution < -0.4 is 4.74 Å². The molecule has 0 spiro atoms. The van der Waals surface area contributed by atoms with Gasteiger partial charge in [-0.05, 0) is 25.1 Å². The number of ether oxygens (including phenoxy) is 1. The molecule has 0 aliphatic carbocycles. The van der Waals surface area contributed by atoms with Gasteiger partial charge in [0.15, 0.2) is 0 Å². The summed E-state index contributed by atoms with van der Waals surface area (Å²) in [6.07, 6.45) is 0. The summed E-state index contributed by atoms with van der Waals surface area (Å²) in [6, 6.07) is 8.42. The van der Waals surface area contributed by atoms with Gasteiger partial charge in [0.2, 0.25) is 0 Å². The van der Waals surface area contributed by atoms with Crippen molar-refractivity contribution in [3.63, 3.8) is 0 Å². The zero-order valence-corrected chi connectivity index (χ0v) is 14.8. The number of methoxy groups -OCH3 is 1. The molecule has 8 heteroatoms. The first-order valence-corrected chi connectivity index (χ1v) is 7.81. The second-order valence-corrected chi connectivity index (χ2v) is 5.82. The summed E-state index contributed by atoms with van der Waals surface area (Å²) in [5.41, 5.74) is 2.81. The van der Waals surface area contributed by atoms with Crippen LogP contribution in [0.15, 0.2) is 35.5 Å². The molecule has 0 fully saturated rings. The minimum atomic E-state index is -0.523. The molecule has 0 unspecified atom stereocenters. The predicted molar refractivity (Wildman–Crippen MR) is 97.6 cm³/mol. The summed E-state index contributed by atoms with van der Waals surface area (Å²) < 4.78 is 7.55. The number of nitrogens with zero attached hydrogens (tertiary/aromatic N) is 3. The minimum Gasteiger partial charge on any atom is -0.495 e. The largest absolute Gasteiger partial charge is 0.495 e. The van der Waals surface area contributed by atoms with Gasteiger partial charge in [-0.3, -0.25) is 10.1 Å². The maximum atomic E-state index is 11.2. The SMILES string of the molecule is COc1c(/C(C)=N/OC(C)=O)ccc2c1c1cc([N+](=O)[O-])ccc1n2C. The molecule has 2 aromatic carbocycles. The molecule has 1 heterocycles. The lowest BCUT2D eigenvalue weighted by molar-refractivity contribution is -0.384. The highest BCUT2D eigenvalue weighted by Crippen LogP contribution is 2.39. The summed E-state index contributed by atoms with van der Waals surface area (Å²) in [5, 5.41) is 16.4. The average molecular weight is 355 g/mol. The summed E-state index contributed by atoms with van der Waals surface area (Å²) in [5.74, 6) is -0.00724. The first-order valence-electron chi connectivity index (χ1n) is 7.81. The summed E-state index contributed by atoms with van der Waals surface area (Å²) in [6.45, 7) is 2.96. The summed E-state index contributed by atoms with van der Waals surface area (Å²) in [4.78, 5) is 26.4. The number of aryl methyl sites for hydroxylation is 1. The van der Waals surface area contributed by atoms with Gasteiger partial charge in [0.1, 0.15) is 5.75 Å². The maximum Gasteiger partial charge on any atom is 0.331 e. The first kappa shape index (κ1) is 17.4. The van der Waals surface area contributed by atoms with E-state index in [2.05, 4.69) is 5.16 Å². The van der Waals surface area contributed by atoms with Crippen molar-refractivity contribution in [2.45, 2.75) is 13.8 Å². The van der Waals surface area contributed by atoms with Crippen LogP contribution in [0.3, 0.4) is 0 Å². The second kappa shape index (κ2) is 6.47. The van der Waals surface area contributed by atoms with Crippen molar-refractivity contribution in [3.8, 4) is 5.75 Å². The Kier molecular flexibility index (Phi) is 4.33. The number of oxime groups is 1. The number of nitro benzene ring substituents is 1. The Balaban J connectivity index is 2.36. The molecule has 134 valence electrons. The van der Waals surface area contributed by atoms with Crippen LogP contribution in [0.4, 0.5) is 5.69 Å². The molecule has 0 N–H and O–H groups in total. The quantitative estimate of drug-likeness (QED) is 0.309. The van der Waals surface area contributed by atoms with E-state index in [4.69, 9.17) is 9.57 Å². The van der Waals surface area contributed by atoms with Gasteiger partial charge >= 0.3 is 5.97 Å². The van der Waals surface area contributed by atoms with Crippen LogP contribution in [0.5, 0.6) is 5.75 Å². The van der Waals surface area contributed by atoms with Gasteiger partial charge < -0.3 is 14.1 Å². The van der Waals surface area contributed by atoms with E-state index in [1.165, 1.54) is 26.2 Å². The molecule has 0 radical (unpaired) electrons. The third kappa shape index (κ3) is 2.75. The smallest absolute Gasteiger partial charge is 0.331 e. The Morgan fingerprint density at radius 3 is 2.50 bits per heavy atom. The molecule has 0 saturated carbocycles. The maximum absolute atomic E-state index is 11.2. The van der Waals surface area contributed by atoms with Crippen molar-refractivity contribution in [2.75, 3.05) is 7.11 Å². The zero-order valence-electron chi connectivity index (χ0n) is 14.8. The number of nitro groups is 1. The van der Waals surface area contributed by atoms with Gasteiger partial charge in [-0.1, -0.05) is 5.16 Å². The molecule has 26 heavy (non-hydrogen) atoms. The van der Waals surface area contributed by atoms with Crippen LogP contribution in [0, 0.1) is 10.1 Å². The number of benzene rings is 2. The van der Waals surface area contributed by atoms with E-state index in [0.29, 0.717) is 22.4 Å². The Morgan fingerprint density at radius 1 is 1.19 bits per heavy atom. The Bertz CT molecular complexity index is 1080. The molecular weight excluding hydrogens is 338 g/mol. The number of rotatable bonds is 4. The van der Waals surface area contributed by atoms with Crippen LogP contribution >= 0.6 is 0 Å². The van der Waals surface area contributed by atoms with Gasteiger partial charge in [0.05, 0.1) is 28.6 Å². The van der Waals surface area contributed by atoms with Crippen molar-refractivity contribution in [1.29, 1.82) is 0 Å². The van der Waals surface area contributed by atoms with Crippen LogP contribution in [0.1, 0.15) is 19.4 Å². The topological polar surface area (TPSA) is 96.0 Å². The summed E-state index contributed by atoms with van der Waals surface area (Å²) >= 11 is 0. The Morgan fingerprint density at radius 2 is 1.88 bits per heavy atom. The summed E-state index contributed by atoms with van der Waals surface area (Å²) in [7, 11) is 3.41. The monoisotopic (exact) mass is 355 g/mol. The van der Waals surface area contributed by atoms with E-state index >= 15 is 0 Å². The highest BCUT2D eigenvalue weighted by atomic mass is 16.7. The number of carbonyl (C=O) groups is 1. The average Bonchev–Trinajstić information content (AvgIpc) is 2.91. The van der Waals surface area contributed by atoms with Crippen LogP contribution in [0.25, 0.3) is 21.8 Å². The molecule has 0 amide bonds. The first-order chi connectivity index (χ1) is 12.3. The molecule has 0 bridgehead atoms. The predicted octanol–water partition coefficient (Wildman–Crippen LogP) is 3.54. The van der Waals surface area contributed by atoms with Crippen molar-refractivity contribution in [3.05, 3.63) is 46.0 Å². The molecule has 3 rings (SSSR count). The standard InChI is InChI=1S/C18H17N3O5/c1-10(19-26-11(2)22)13-6-8-16-17(18(13)25-4)14-9-12(21(23)24)5-7-15(14)20(16)3/h5-9H,1-4H3/b19-10+. The molecule has 1 aromatic heterocycles. The van der Waals surface area contributed by atoms with Crippen molar-refractivity contribution in [2.24, 2.45) is 12.2 Å². The fourth-order valence-electron chi connectivity index (χ4n) is 3.05. The Hall–Kier alpha value is -3.42. The van der Waals surface area contributed by atoms with E-state index in [0.717, 1.165) is 16.4 Å². The molecule has 0 aliphatic heterocycles. The zero-order chi connectivity index (χ0) is 19.0. The highest BCUT2D eigenvalue weighted by molar-refractivity contribution is 6.16. The molecule has 0 atom stereocenters. The lowest BCUT2D eigenvalue weighted by Crippen LogP contribution is -2.02. The van der Waals surface area contributed by atoms with Gasteiger partial charge in [0.25, 0.3) is 5.69 Å². The van der Waals surface area contributed by atoms with E-state index in [9.17, 15) is 14.9 Å². The van der Waals surface area contributed by atoms with E-state index in [-0.39, 0.29) is 5.69 Å². The van der Waals surface area contributed by atoms with Gasteiger partial charge in [-0.2, -0.15) is 0 Å². The normalized spacial score (nSPS) is 11.8. The number of fused-ring (bicyclic) bond motifs is 3. The van der Waals surface area contributed by atoms with Crippen LogP contribution in [0.2, 0.25) is 0 Å². The molecule has 0 saturated heterocycles. The molecular formula is C18H17N3O5. The molecule has 0 aliphatic rings. The van der Waals surface area contributed by atoms with E-state index in [1.807, 2.05) is 23.7 Å². The number of non-ortho nitro benzene ring substituents is 1. The number of hydrogen-bond donors (Lipinski definition) is 0. The van der Waals surface area contributed by atoms with Gasteiger partial charge in [0, 0.05) is 42.6 Å². The minimum absolute atomic E-state index is 0.00255. The third-order valence-electron chi connectivity index (χ3n) is 4.22. The molecule has 8 nitrogen and oxygen atoms in total. The second-order valence-electron chi connectivity index (χ2n) is 5.82. The van der Waals surface area contributed by atoms with Crippen LogP contribution in [-0.2, 0) is 16.7 Å². The lowest BCUT2D eigenvalue weighted by atomic mass is 10.0. The van der Waals surface area contributed by atoms with E-state index in [1.54, 1.807) is 13.0 Å².